The maximum Gasteiger partial charge on any atom is 0.177 e. The monoisotopic (exact) mass is 226 g/mol. The first-order valence-corrected chi connectivity index (χ1v) is 5.95. The van der Waals surface area contributed by atoms with E-state index in [0.29, 0.717) is 12.0 Å². The lowest BCUT2D eigenvalue weighted by atomic mass is 9.93. The number of nitrogens with zero attached hydrogens (tertiary/aromatic N) is 1. The van der Waals surface area contributed by atoms with E-state index in [1.807, 2.05) is 6.20 Å². The summed E-state index contributed by atoms with van der Waals surface area (Å²) in [6, 6.07) is 0.479. The molecule has 1 aliphatic rings. The van der Waals surface area contributed by atoms with Crippen LogP contribution in [0.25, 0.3) is 0 Å². The fourth-order valence-electron chi connectivity index (χ4n) is 2.38. The Morgan fingerprint density at radius 2 is 2.20 bits per heavy atom. The normalized spacial score (nSPS) is 20.4. The smallest absolute Gasteiger partial charge is 0.177 e. The average molecular weight is 226 g/mol. The number of H-pyrrole nitrogens is 1. The van der Waals surface area contributed by atoms with Crippen LogP contribution in [-0.4, -0.2) is 22.8 Å². The summed E-state index contributed by atoms with van der Waals surface area (Å²) in [5, 5.41) is 0. The quantitative estimate of drug-likeness (QED) is 0.786. The Balaban J connectivity index is 2.19. The third-order valence-corrected chi connectivity index (χ3v) is 3.67. The van der Waals surface area contributed by atoms with Gasteiger partial charge in [-0.3, -0.25) is 0 Å². The van der Waals surface area contributed by atoms with Gasteiger partial charge < -0.3 is 14.3 Å². The van der Waals surface area contributed by atoms with Gasteiger partial charge in [0.2, 0.25) is 0 Å². The lowest BCUT2D eigenvalue weighted by molar-refractivity contribution is 0.0509. The Hall–Kier alpha value is -0.610. The van der Waals surface area contributed by atoms with Gasteiger partial charge in [0.05, 0.1) is 0 Å². The predicted molar refractivity (Wildman–Crippen MR) is 62.6 cm³/mol. The summed E-state index contributed by atoms with van der Waals surface area (Å²) in [6.07, 6.45) is 4.28. The number of aryl methyl sites for hydroxylation is 1. The molecule has 0 radical (unpaired) electrons. The highest BCUT2D eigenvalue weighted by atomic mass is 32.1. The van der Waals surface area contributed by atoms with E-state index in [2.05, 4.69) is 23.4 Å². The highest BCUT2D eigenvalue weighted by Crippen LogP contribution is 2.28. The van der Waals surface area contributed by atoms with Gasteiger partial charge >= 0.3 is 0 Å². The van der Waals surface area contributed by atoms with E-state index in [1.54, 1.807) is 0 Å². The topological polar surface area (TPSA) is 29.9 Å². The van der Waals surface area contributed by atoms with Crippen LogP contribution < -0.4 is 0 Å². The van der Waals surface area contributed by atoms with E-state index >= 15 is 0 Å². The number of imidazole rings is 1. The van der Waals surface area contributed by atoms with E-state index in [1.165, 1.54) is 5.69 Å². The van der Waals surface area contributed by atoms with Gasteiger partial charge in [0.15, 0.2) is 4.77 Å². The van der Waals surface area contributed by atoms with Gasteiger partial charge in [0.25, 0.3) is 0 Å². The molecule has 0 bridgehead atoms. The SMILES string of the molecule is Cc1c[nH]c(=S)n1C(C)C1CCOCC1. The minimum absolute atomic E-state index is 0.479. The van der Waals surface area contributed by atoms with Crippen molar-refractivity contribution in [3.8, 4) is 0 Å². The molecule has 2 heterocycles. The number of ether oxygens (including phenoxy) is 1. The molecule has 1 aliphatic heterocycles. The number of nitrogens with one attached hydrogen (secondary N) is 1. The fourth-order valence-corrected chi connectivity index (χ4v) is 2.75. The van der Waals surface area contributed by atoms with Gasteiger partial charge in [-0.15, -0.1) is 0 Å². The molecule has 0 aliphatic carbocycles. The fraction of sp³-hybridized carbons (Fsp3) is 0.727. The van der Waals surface area contributed by atoms with E-state index in [-0.39, 0.29) is 0 Å². The predicted octanol–water partition coefficient (Wildman–Crippen LogP) is 2.84. The number of aromatic amines is 1. The van der Waals surface area contributed by atoms with Crippen LogP contribution >= 0.6 is 12.2 Å². The minimum atomic E-state index is 0.479. The second-order valence-electron chi connectivity index (χ2n) is 4.30. The van der Waals surface area contributed by atoms with Crippen LogP contribution in [0, 0.1) is 17.6 Å². The summed E-state index contributed by atoms with van der Waals surface area (Å²) in [5.74, 6) is 0.694. The first-order chi connectivity index (χ1) is 7.20. The average Bonchev–Trinajstić information content (AvgIpc) is 2.59. The van der Waals surface area contributed by atoms with Crippen LogP contribution in [0.2, 0.25) is 0 Å². The van der Waals surface area contributed by atoms with Gasteiger partial charge in [-0.25, -0.2) is 0 Å². The number of hydrogen-bond acceptors (Lipinski definition) is 2. The van der Waals surface area contributed by atoms with Crippen molar-refractivity contribution in [1.82, 2.24) is 9.55 Å². The third-order valence-electron chi connectivity index (χ3n) is 3.36. The molecule has 0 saturated carbocycles. The standard InChI is InChI=1S/C11H18N2OS/c1-8-7-12-11(15)13(8)9(2)10-3-5-14-6-4-10/h7,9-10H,3-6H2,1-2H3,(H,12,15). The van der Waals surface area contributed by atoms with Crippen molar-refractivity contribution in [2.75, 3.05) is 13.2 Å². The molecular formula is C11H18N2OS. The van der Waals surface area contributed by atoms with Crippen LogP contribution in [0.1, 0.15) is 31.5 Å². The largest absolute Gasteiger partial charge is 0.381 e. The third kappa shape index (κ3) is 2.16. The van der Waals surface area contributed by atoms with Crippen molar-refractivity contribution in [2.24, 2.45) is 5.92 Å². The maximum atomic E-state index is 5.38. The molecule has 1 aromatic heterocycles. The lowest BCUT2D eigenvalue weighted by Crippen LogP contribution is -2.24. The summed E-state index contributed by atoms with van der Waals surface area (Å²) in [6.45, 7) is 6.15. The summed E-state index contributed by atoms with van der Waals surface area (Å²) in [7, 11) is 0. The molecular weight excluding hydrogens is 208 g/mol. The summed E-state index contributed by atoms with van der Waals surface area (Å²) in [5.41, 5.74) is 1.22. The molecule has 1 unspecified atom stereocenters. The molecule has 1 fully saturated rings. The number of aromatic nitrogens is 2. The molecule has 2 rings (SSSR count). The first kappa shape index (κ1) is 10.9. The molecule has 4 heteroatoms. The van der Waals surface area contributed by atoms with Crippen molar-refractivity contribution in [3.63, 3.8) is 0 Å². The molecule has 0 aromatic carbocycles. The van der Waals surface area contributed by atoms with Gasteiger partial charge in [-0.1, -0.05) is 0 Å². The zero-order valence-electron chi connectivity index (χ0n) is 9.32. The lowest BCUT2D eigenvalue weighted by Gasteiger charge is -2.29. The second-order valence-corrected chi connectivity index (χ2v) is 4.68. The van der Waals surface area contributed by atoms with Crippen LogP contribution in [-0.2, 0) is 4.74 Å². The van der Waals surface area contributed by atoms with Gasteiger partial charge in [0.1, 0.15) is 0 Å². The molecule has 1 atom stereocenters. The number of hydrogen-bond donors (Lipinski definition) is 1. The summed E-state index contributed by atoms with van der Waals surface area (Å²) < 4.78 is 8.45. The highest BCUT2D eigenvalue weighted by molar-refractivity contribution is 7.71. The van der Waals surface area contributed by atoms with Crippen molar-refractivity contribution < 1.29 is 4.74 Å². The maximum absolute atomic E-state index is 5.38. The molecule has 15 heavy (non-hydrogen) atoms. The molecule has 1 saturated heterocycles. The summed E-state index contributed by atoms with van der Waals surface area (Å²) in [4.78, 5) is 3.10. The Morgan fingerprint density at radius 3 is 2.73 bits per heavy atom. The van der Waals surface area contributed by atoms with E-state index in [9.17, 15) is 0 Å². The van der Waals surface area contributed by atoms with Gasteiger partial charge in [-0.2, -0.15) is 0 Å². The Bertz CT molecular complexity index is 376. The van der Waals surface area contributed by atoms with Crippen LogP contribution in [0.4, 0.5) is 0 Å². The second kappa shape index (κ2) is 4.49. The molecule has 0 amide bonds. The van der Waals surface area contributed by atoms with Crippen molar-refractivity contribution in [2.45, 2.75) is 32.7 Å². The Kier molecular flexibility index (Phi) is 3.26. The van der Waals surface area contributed by atoms with Crippen LogP contribution in [0.3, 0.4) is 0 Å². The number of rotatable bonds is 2. The molecule has 3 nitrogen and oxygen atoms in total. The van der Waals surface area contributed by atoms with Crippen molar-refractivity contribution in [1.29, 1.82) is 0 Å². The molecule has 1 N–H and O–H groups in total. The zero-order chi connectivity index (χ0) is 10.8. The van der Waals surface area contributed by atoms with Crippen molar-refractivity contribution in [3.05, 3.63) is 16.7 Å². The highest BCUT2D eigenvalue weighted by Gasteiger charge is 2.22. The van der Waals surface area contributed by atoms with Crippen LogP contribution in [0.15, 0.2) is 6.20 Å². The van der Waals surface area contributed by atoms with Gasteiger partial charge in [0, 0.05) is 31.1 Å². The first-order valence-electron chi connectivity index (χ1n) is 5.54. The Labute approximate surface area is 95.5 Å². The molecule has 1 aromatic rings. The molecule has 84 valence electrons. The minimum Gasteiger partial charge on any atom is -0.381 e. The summed E-state index contributed by atoms with van der Waals surface area (Å²) >= 11 is 5.29. The van der Waals surface area contributed by atoms with E-state index in [4.69, 9.17) is 17.0 Å². The van der Waals surface area contributed by atoms with E-state index < -0.39 is 0 Å². The van der Waals surface area contributed by atoms with Crippen LogP contribution in [0.5, 0.6) is 0 Å². The molecule has 0 spiro atoms. The Morgan fingerprint density at radius 1 is 1.53 bits per heavy atom. The van der Waals surface area contributed by atoms with Crippen molar-refractivity contribution >= 4 is 12.2 Å². The van der Waals surface area contributed by atoms with E-state index in [0.717, 1.165) is 30.8 Å². The zero-order valence-corrected chi connectivity index (χ0v) is 10.1. The van der Waals surface area contributed by atoms with Gasteiger partial charge in [-0.05, 0) is 44.8 Å².